The maximum absolute atomic E-state index is 10.7. The minimum absolute atomic E-state index is 0.304. The molecule has 1 aromatic carbocycles. The van der Waals surface area contributed by atoms with E-state index < -0.39 is 11.0 Å². The molecule has 1 N–H and O–H groups in total. The van der Waals surface area contributed by atoms with E-state index in [4.69, 9.17) is 16.3 Å². The van der Waals surface area contributed by atoms with Crippen LogP contribution in [0, 0.1) is 6.92 Å². The number of hydrogen-bond donors (Lipinski definition) is 1. The van der Waals surface area contributed by atoms with Crippen molar-refractivity contribution in [1.29, 1.82) is 0 Å². The Morgan fingerprint density at radius 3 is 2.52 bits per heavy atom. The Morgan fingerprint density at radius 2 is 1.95 bits per heavy atom. The van der Waals surface area contributed by atoms with Crippen LogP contribution in [0.2, 0.25) is 0 Å². The molecule has 0 atom stereocenters. The van der Waals surface area contributed by atoms with E-state index in [-0.39, 0.29) is 0 Å². The molecule has 1 aromatic rings. The fraction of sp³-hybridized carbons (Fsp3) is 0.562. The van der Waals surface area contributed by atoms with Gasteiger partial charge in [0.1, 0.15) is 6.61 Å². The molecule has 21 heavy (non-hydrogen) atoms. The van der Waals surface area contributed by atoms with Crippen molar-refractivity contribution in [3.8, 4) is 0 Å². The van der Waals surface area contributed by atoms with E-state index in [0.29, 0.717) is 19.6 Å². The summed E-state index contributed by atoms with van der Waals surface area (Å²) in [6.45, 7) is 4.65. The van der Waals surface area contributed by atoms with Gasteiger partial charge in [0.15, 0.2) is 0 Å². The van der Waals surface area contributed by atoms with Crippen LogP contribution in [0.4, 0.5) is 4.79 Å². The smallest absolute Gasteiger partial charge is 0.403 e. The van der Waals surface area contributed by atoms with Crippen molar-refractivity contribution in [3.63, 3.8) is 0 Å². The van der Waals surface area contributed by atoms with Gasteiger partial charge in [0, 0.05) is 37.7 Å². The molecule has 1 saturated heterocycles. The molecule has 2 rings (SSSR count). The van der Waals surface area contributed by atoms with Gasteiger partial charge < -0.3 is 9.84 Å². The second-order valence-corrected chi connectivity index (χ2v) is 6.12. The van der Waals surface area contributed by atoms with Crippen molar-refractivity contribution < 1.29 is 14.6 Å². The fourth-order valence-electron chi connectivity index (χ4n) is 2.71. The SMILES string of the molecule is Cc1ccc(CC2(O)CCN(CCOC(=O)Cl)CC2)cc1. The number of piperidine rings is 1. The van der Waals surface area contributed by atoms with Crippen molar-refractivity contribution in [2.45, 2.75) is 31.8 Å². The second kappa shape index (κ2) is 7.25. The molecule has 1 aliphatic rings. The zero-order valence-electron chi connectivity index (χ0n) is 12.3. The predicted octanol–water partition coefficient (Wildman–Crippen LogP) is 2.74. The number of benzene rings is 1. The summed E-state index contributed by atoms with van der Waals surface area (Å²) in [7, 11) is 0. The highest BCUT2D eigenvalue weighted by Crippen LogP contribution is 2.26. The van der Waals surface area contributed by atoms with Crippen molar-refractivity contribution >= 4 is 17.0 Å². The highest BCUT2D eigenvalue weighted by molar-refractivity contribution is 6.61. The molecule has 5 heteroatoms. The van der Waals surface area contributed by atoms with Crippen molar-refractivity contribution in [2.24, 2.45) is 0 Å². The van der Waals surface area contributed by atoms with Gasteiger partial charge >= 0.3 is 5.43 Å². The Balaban J connectivity index is 1.78. The van der Waals surface area contributed by atoms with Crippen LogP contribution < -0.4 is 0 Å². The first kappa shape index (κ1) is 16.3. The molecule has 1 fully saturated rings. The molecular weight excluding hydrogens is 290 g/mol. The number of likely N-dealkylation sites (tertiary alicyclic amines) is 1. The number of nitrogens with zero attached hydrogens (tertiary/aromatic N) is 1. The number of hydrogen-bond acceptors (Lipinski definition) is 4. The van der Waals surface area contributed by atoms with Gasteiger partial charge in [-0.25, -0.2) is 4.79 Å². The summed E-state index contributed by atoms with van der Waals surface area (Å²) in [4.78, 5) is 12.7. The van der Waals surface area contributed by atoms with Gasteiger partial charge in [0.05, 0.1) is 5.60 Å². The maximum atomic E-state index is 10.7. The fourth-order valence-corrected chi connectivity index (χ4v) is 2.79. The Morgan fingerprint density at radius 1 is 1.33 bits per heavy atom. The van der Waals surface area contributed by atoms with E-state index in [1.54, 1.807) is 0 Å². The van der Waals surface area contributed by atoms with E-state index in [1.807, 2.05) is 0 Å². The van der Waals surface area contributed by atoms with Gasteiger partial charge in [-0.15, -0.1) is 0 Å². The number of halogens is 1. The van der Waals surface area contributed by atoms with Crippen LogP contribution in [-0.4, -0.2) is 47.3 Å². The van der Waals surface area contributed by atoms with Crippen LogP contribution in [0.5, 0.6) is 0 Å². The molecule has 4 nitrogen and oxygen atoms in total. The minimum atomic E-state index is -0.761. The Kier molecular flexibility index (Phi) is 5.62. The van der Waals surface area contributed by atoms with Gasteiger partial charge in [-0.2, -0.15) is 0 Å². The van der Waals surface area contributed by atoms with Gasteiger partial charge in [-0.1, -0.05) is 29.8 Å². The first-order chi connectivity index (χ1) is 9.97. The highest BCUT2D eigenvalue weighted by atomic mass is 35.5. The Hall–Kier alpha value is -1.10. The van der Waals surface area contributed by atoms with Crippen LogP contribution in [0.15, 0.2) is 24.3 Å². The molecule has 1 heterocycles. The minimum Gasteiger partial charge on any atom is -0.452 e. The van der Waals surface area contributed by atoms with E-state index in [9.17, 15) is 9.90 Å². The summed E-state index contributed by atoms with van der Waals surface area (Å²) in [5.74, 6) is 0. The zero-order valence-corrected chi connectivity index (χ0v) is 13.1. The monoisotopic (exact) mass is 311 g/mol. The largest absolute Gasteiger partial charge is 0.452 e. The average Bonchev–Trinajstić information content (AvgIpc) is 2.43. The lowest BCUT2D eigenvalue weighted by atomic mass is 9.85. The normalized spacial score (nSPS) is 18.4. The Labute approximate surface area is 130 Å². The summed E-state index contributed by atoms with van der Waals surface area (Å²) in [5.41, 5.74) is 1.01. The van der Waals surface area contributed by atoms with Gasteiger partial charge in [-0.05, 0) is 25.3 Å². The molecular formula is C16H22ClNO3. The van der Waals surface area contributed by atoms with Crippen LogP contribution in [0.1, 0.15) is 24.0 Å². The first-order valence-corrected chi connectivity index (χ1v) is 7.67. The third kappa shape index (κ3) is 5.30. The molecule has 0 aromatic heterocycles. The van der Waals surface area contributed by atoms with Crippen molar-refractivity contribution in [3.05, 3.63) is 35.4 Å². The lowest BCUT2D eigenvalue weighted by Crippen LogP contribution is -2.46. The third-order valence-electron chi connectivity index (χ3n) is 4.06. The average molecular weight is 312 g/mol. The number of rotatable bonds is 5. The molecule has 0 aliphatic carbocycles. The summed E-state index contributed by atoms with van der Waals surface area (Å²) in [5, 5.41) is 10.7. The van der Waals surface area contributed by atoms with E-state index in [2.05, 4.69) is 36.1 Å². The lowest BCUT2D eigenvalue weighted by Gasteiger charge is -2.38. The number of ether oxygens (including phenoxy) is 1. The Bertz CT molecular complexity index is 467. The van der Waals surface area contributed by atoms with Gasteiger partial charge in [-0.3, -0.25) is 4.90 Å². The van der Waals surface area contributed by atoms with Gasteiger partial charge in [0.25, 0.3) is 0 Å². The van der Waals surface area contributed by atoms with Crippen LogP contribution in [0.3, 0.4) is 0 Å². The topological polar surface area (TPSA) is 49.8 Å². The lowest BCUT2D eigenvalue weighted by molar-refractivity contribution is -0.0234. The number of aryl methyl sites for hydroxylation is 1. The summed E-state index contributed by atoms with van der Waals surface area (Å²) < 4.78 is 4.73. The van der Waals surface area contributed by atoms with E-state index >= 15 is 0 Å². The quantitative estimate of drug-likeness (QED) is 0.850. The number of aliphatic hydroxyl groups is 1. The van der Waals surface area contributed by atoms with Crippen molar-refractivity contribution in [1.82, 2.24) is 4.90 Å². The molecule has 1 aliphatic heterocycles. The van der Waals surface area contributed by atoms with Gasteiger partial charge in [0.2, 0.25) is 0 Å². The van der Waals surface area contributed by atoms with Crippen LogP contribution >= 0.6 is 11.6 Å². The number of carbonyl (C=O) groups excluding carboxylic acids is 1. The maximum Gasteiger partial charge on any atom is 0.403 e. The predicted molar refractivity (Wildman–Crippen MR) is 82.7 cm³/mol. The first-order valence-electron chi connectivity index (χ1n) is 7.29. The summed E-state index contributed by atoms with van der Waals surface area (Å²) in [6, 6.07) is 8.32. The molecule has 0 radical (unpaired) electrons. The van der Waals surface area contributed by atoms with E-state index in [0.717, 1.165) is 25.9 Å². The highest BCUT2D eigenvalue weighted by Gasteiger charge is 2.32. The standard InChI is InChI=1S/C16H22ClNO3/c1-13-2-4-14(5-3-13)12-16(20)6-8-18(9-7-16)10-11-21-15(17)19/h2-5,20H,6-12H2,1H3. The molecule has 0 saturated carbocycles. The molecule has 0 amide bonds. The molecule has 0 spiro atoms. The second-order valence-electron chi connectivity index (χ2n) is 5.81. The summed E-state index contributed by atoms with van der Waals surface area (Å²) >= 11 is 5.12. The molecule has 0 unspecified atom stereocenters. The zero-order chi connectivity index (χ0) is 15.3. The van der Waals surface area contributed by atoms with E-state index in [1.165, 1.54) is 11.1 Å². The summed E-state index contributed by atoms with van der Waals surface area (Å²) in [6.07, 6.45) is 2.16. The van der Waals surface area contributed by atoms with Crippen molar-refractivity contribution in [2.75, 3.05) is 26.2 Å². The molecule has 0 bridgehead atoms. The van der Waals surface area contributed by atoms with Crippen LogP contribution in [0.25, 0.3) is 0 Å². The number of carbonyl (C=O) groups is 1. The van der Waals surface area contributed by atoms with Crippen LogP contribution in [-0.2, 0) is 11.2 Å². The molecule has 116 valence electrons. The third-order valence-corrected chi connectivity index (χ3v) is 4.17.